The molecule has 0 fully saturated rings. The van der Waals surface area contributed by atoms with Crippen LogP contribution in [-0.2, 0) is 20.1 Å². The Morgan fingerprint density at radius 3 is 2.46 bits per heavy atom. The molecule has 0 N–H and O–H groups in total. The van der Waals surface area contributed by atoms with E-state index in [0.717, 1.165) is 28.2 Å². The molecule has 1 radical (unpaired) electrons. The van der Waals surface area contributed by atoms with E-state index in [9.17, 15) is 0 Å². The van der Waals surface area contributed by atoms with E-state index in [0.29, 0.717) is 22.3 Å². The molecule has 183 valence electrons. The van der Waals surface area contributed by atoms with E-state index in [1.54, 1.807) is 48.5 Å². The minimum atomic E-state index is -2.62. The Labute approximate surface area is 242 Å². The van der Waals surface area contributed by atoms with Crippen LogP contribution in [0.5, 0.6) is 0 Å². The number of aryl methyl sites for hydroxylation is 3. The number of hydrogen-bond acceptors (Lipinski definition) is 4. The van der Waals surface area contributed by atoms with Gasteiger partial charge in [-0.1, -0.05) is 40.8 Å². The van der Waals surface area contributed by atoms with Crippen molar-refractivity contribution in [3.05, 3.63) is 120 Å². The number of aromatic nitrogens is 2. The molecule has 0 unspecified atom stereocenters. The normalized spacial score (nSPS) is 14.9. The van der Waals surface area contributed by atoms with Crippen LogP contribution in [0.1, 0.15) is 34.6 Å². The van der Waals surface area contributed by atoms with Crippen molar-refractivity contribution >= 4 is 21.9 Å². The molecular weight excluding hydrogens is 635 g/mol. The van der Waals surface area contributed by atoms with Crippen LogP contribution in [0.2, 0.25) is 0 Å². The van der Waals surface area contributed by atoms with Gasteiger partial charge < -0.3 is 14.4 Å². The molecule has 37 heavy (non-hydrogen) atoms. The number of fused-ring (bicyclic) bond motifs is 3. The molecule has 3 heterocycles. The molecule has 0 saturated carbocycles. The van der Waals surface area contributed by atoms with Crippen LogP contribution in [0.4, 0.5) is 0 Å². The fourth-order valence-corrected chi connectivity index (χ4v) is 3.70. The van der Waals surface area contributed by atoms with Gasteiger partial charge >= 0.3 is 0 Å². The van der Waals surface area contributed by atoms with Gasteiger partial charge in [0.1, 0.15) is 5.58 Å². The molecule has 0 aliphatic heterocycles. The SMILES string of the molecule is [2H]C([2H])([2H])c1ccc(-c2[c-]cccc2)nc1.[2H]C([2H])([2H])c1cnc(-c2[c-]ccc3c2oc2cc(C#N)ccc23)cc1C([2H])([2H])[2H].[Ir]. The van der Waals surface area contributed by atoms with Gasteiger partial charge in [0.2, 0.25) is 0 Å². The van der Waals surface area contributed by atoms with Gasteiger partial charge in [0.25, 0.3) is 0 Å². The Kier molecular flexibility index (Phi) is 5.07. The van der Waals surface area contributed by atoms with Gasteiger partial charge in [0.15, 0.2) is 0 Å². The van der Waals surface area contributed by atoms with E-state index in [-0.39, 0.29) is 42.5 Å². The summed E-state index contributed by atoms with van der Waals surface area (Å²) in [6, 6.07) is 28.7. The molecule has 0 amide bonds. The molecule has 0 aliphatic rings. The van der Waals surface area contributed by atoms with Gasteiger partial charge in [-0.25, -0.2) is 0 Å². The van der Waals surface area contributed by atoms with E-state index in [2.05, 4.69) is 28.2 Å². The molecule has 5 heteroatoms. The van der Waals surface area contributed by atoms with Crippen LogP contribution in [-0.4, -0.2) is 9.97 Å². The van der Waals surface area contributed by atoms with Crippen LogP contribution in [0.25, 0.3) is 44.5 Å². The summed E-state index contributed by atoms with van der Waals surface area (Å²) in [7, 11) is 0. The largest absolute Gasteiger partial charge is 0.501 e. The van der Waals surface area contributed by atoms with E-state index in [4.69, 9.17) is 22.0 Å². The van der Waals surface area contributed by atoms with Crippen molar-refractivity contribution in [3.8, 4) is 28.6 Å². The maximum absolute atomic E-state index is 9.10. The van der Waals surface area contributed by atoms with Gasteiger partial charge in [-0.3, -0.25) is 0 Å². The molecule has 4 nitrogen and oxygen atoms in total. The number of pyridine rings is 2. The minimum Gasteiger partial charge on any atom is -0.501 e. The first-order valence-corrected chi connectivity index (χ1v) is 10.9. The smallest absolute Gasteiger partial charge is 0.122 e. The Morgan fingerprint density at radius 2 is 1.73 bits per heavy atom. The van der Waals surface area contributed by atoms with Gasteiger partial charge in [-0.2, -0.15) is 5.26 Å². The summed E-state index contributed by atoms with van der Waals surface area (Å²) in [5.74, 6) is 0. The molecule has 0 bridgehead atoms. The van der Waals surface area contributed by atoms with Crippen molar-refractivity contribution in [2.24, 2.45) is 0 Å². The van der Waals surface area contributed by atoms with E-state index >= 15 is 0 Å². The van der Waals surface area contributed by atoms with Crippen molar-refractivity contribution in [1.82, 2.24) is 9.97 Å². The summed E-state index contributed by atoms with van der Waals surface area (Å²) < 4.78 is 73.7. The summed E-state index contributed by atoms with van der Waals surface area (Å²) in [6.07, 6.45) is 2.47. The van der Waals surface area contributed by atoms with Gasteiger partial charge in [0, 0.05) is 50.2 Å². The average Bonchev–Trinajstić information content (AvgIpc) is 3.38. The van der Waals surface area contributed by atoms with Crippen molar-refractivity contribution in [1.29, 1.82) is 5.26 Å². The summed E-state index contributed by atoms with van der Waals surface area (Å²) in [6.45, 7) is -7.31. The molecule has 0 saturated heterocycles. The number of benzene rings is 3. The molecule has 0 spiro atoms. The third kappa shape index (κ3) is 5.52. The van der Waals surface area contributed by atoms with Crippen molar-refractivity contribution in [3.63, 3.8) is 0 Å². The zero-order valence-corrected chi connectivity index (χ0v) is 21.6. The Bertz CT molecular complexity index is 2030. The molecule has 0 atom stereocenters. The maximum atomic E-state index is 9.10. The number of furan rings is 1. The molecule has 3 aromatic heterocycles. The number of nitrogens with zero attached hydrogens (tertiary/aromatic N) is 3. The zero-order valence-electron chi connectivity index (χ0n) is 28.2. The predicted octanol–water partition coefficient (Wildman–Crippen LogP) is 7.79. The first-order valence-electron chi connectivity index (χ1n) is 15.4. The van der Waals surface area contributed by atoms with Gasteiger partial charge in [-0.05, 0) is 55.2 Å². The first kappa shape index (κ1) is 16.6. The van der Waals surface area contributed by atoms with Gasteiger partial charge in [0.05, 0.1) is 17.2 Å². The van der Waals surface area contributed by atoms with E-state index in [1.807, 2.05) is 18.2 Å². The third-order valence-corrected chi connectivity index (χ3v) is 5.47. The molecule has 6 aromatic rings. The summed E-state index contributed by atoms with van der Waals surface area (Å²) in [4.78, 5) is 8.31. The van der Waals surface area contributed by atoms with Crippen LogP contribution in [0, 0.1) is 44.0 Å². The van der Waals surface area contributed by atoms with Crippen molar-refractivity contribution in [2.45, 2.75) is 20.6 Å². The molecule has 6 rings (SSSR count). The second-order valence-electron chi connectivity index (χ2n) is 7.84. The minimum absolute atomic E-state index is 0. The molecular formula is C32H23IrN3O-2. The van der Waals surface area contributed by atoms with E-state index in [1.165, 1.54) is 12.3 Å². The average molecular weight is 667 g/mol. The summed E-state index contributed by atoms with van der Waals surface area (Å²) >= 11 is 0. The van der Waals surface area contributed by atoms with Crippen molar-refractivity contribution in [2.75, 3.05) is 0 Å². The summed E-state index contributed by atoms with van der Waals surface area (Å²) in [5.41, 5.74) is 3.31. The number of hydrogen-bond donors (Lipinski definition) is 0. The maximum Gasteiger partial charge on any atom is 0.122 e. The third-order valence-electron chi connectivity index (χ3n) is 5.47. The van der Waals surface area contributed by atoms with Gasteiger partial charge in [-0.15, -0.1) is 54.1 Å². The van der Waals surface area contributed by atoms with Crippen LogP contribution < -0.4 is 0 Å². The quantitative estimate of drug-likeness (QED) is 0.177. The standard InChI is InChI=1S/C20H13N2O.C12H10N.Ir/c1-12-8-18(22-11-13(12)2)17-5-3-4-16-15-7-6-14(10-21)9-19(15)23-20(16)17;1-10-7-8-12(13-9-10)11-5-3-2-4-6-11;/h3-4,6-9,11H,1-2H3;2-5,7-9H,1H3;/q2*-1;/i1D3,2D3;1D3;. The van der Waals surface area contributed by atoms with Crippen molar-refractivity contribution < 1.29 is 36.9 Å². The number of nitriles is 1. The predicted molar refractivity (Wildman–Crippen MR) is 143 cm³/mol. The van der Waals surface area contributed by atoms with E-state index < -0.39 is 20.6 Å². The topological polar surface area (TPSA) is 62.7 Å². The van der Waals surface area contributed by atoms with Crippen LogP contribution in [0.3, 0.4) is 0 Å². The molecule has 0 aliphatic carbocycles. The second kappa shape index (κ2) is 11.3. The fourth-order valence-electron chi connectivity index (χ4n) is 3.70. The zero-order chi connectivity index (χ0) is 32.6. The second-order valence-corrected chi connectivity index (χ2v) is 7.84. The number of rotatable bonds is 2. The first-order chi connectivity index (χ1) is 21.2. The molecule has 3 aromatic carbocycles. The Morgan fingerprint density at radius 1 is 0.838 bits per heavy atom. The Balaban J connectivity index is 0.000000240. The fraction of sp³-hybridized carbons (Fsp3) is 0.0938. The monoisotopic (exact) mass is 667 g/mol. The Hall–Kier alpha value is -4.10. The summed E-state index contributed by atoms with van der Waals surface area (Å²) in [5, 5.41) is 10.7. The van der Waals surface area contributed by atoms with Crippen LogP contribution in [0.15, 0.2) is 89.6 Å². The van der Waals surface area contributed by atoms with Crippen LogP contribution >= 0.6 is 0 Å².